The average molecular weight is 469 g/mol. The second-order valence-electron chi connectivity index (χ2n) is 6.70. The van der Waals surface area contributed by atoms with E-state index in [1.807, 2.05) is 30.3 Å². The van der Waals surface area contributed by atoms with Gasteiger partial charge in [-0.3, -0.25) is 4.79 Å². The maximum Gasteiger partial charge on any atom is 0.250 e. The minimum Gasteiger partial charge on any atom is -0.489 e. The molecule has 1 amide bonds. The number of aromatic amines is 1. The fourth-order valence-corrected chi connectivity index (χ4v) is 3.75. The number of hydrogen-bond acceptors (Lipinski definition) is 5. The SMILES string of the molecule is O=C(CSc1nc2ccccc2[nH]1)N/N=C/c1cccc(OCc2c(F)cccc2Cl)c1. The number of amides is 1. The van der Waals surface area contributed by atoms with Gasteiger partial charge in [-0.25, -0.2) is 14.8 Å². The maximum atomic E-state index is 13.9. The van der Waals surface area contributed by atoms with Crippen LogP contribution in [0.25, 0.3) is 11.0 Å². The van der Waals surface area contributed by atoms with E-state index in [1.165, 1.54) is 24.0 Å². The van der Waals surface area contributed by atoms with Gasteiger partial charge in [0.05, 0.1) is 28.0 Å². The summed E-state index contributed by atoms with van der Waals surface area (Å²) in [5.74, 6) is 0.0239. The van der Waals surface area contributed by atoms with Gasteiger partial charge in [-0.2, -0.15) is 5.10 Å². The molecule has 0 fully saturated rings. The summed E-state index contributed by atoms with van der Waals surface area (Å²) in [5.41, 5.74) is 5.27. The zero-order valence-electron chi connectivity index (χ0n) is 16.7. The molecule has 4 aromatic rings. The summed E-state index contributed by atoms with van der Waals surface area (Å²) < 4.78 is 19.5. The Morgan fingerprint density at radius 3 is 2.88 bits per heavy atom. The minimum atomic E-state index is -0.418. The van der Waals surface area contributed by atoms with Crippen LogP contribution in [0, 0.1) is 5.82 Å². The van der Waals surface area contributed by atoms with Crippen LogP contribution >= 0.6 is 23.4 Å². The number of carbonyl (C=O) groups is 1. The van der Waals surface area contributed by atoms with Gasteiger partial charge >= 0.3 is 0 Å². The van der Waals surface area contributed by atoms with Crippen molar-refractivity contribution in [1.82, 2.24) is 15.4 Å². The van der Waals surface area contributed by atoms with Crippen LogP contribution in [0.1, 0.15) is 11.1 Å². The lowest BCUT2D eigenvalue weighted by Gasteiger charge is -2.09. The van der Waals surface area contributed by atoms with Crippen LogP contribution in [0.3, 0.4) is 0 Å². The number of fused-ring (bicyclic) bond motifs is 1. The molecule has 1 aromatic heterocycles. The van der Waals surface area contributed by atoms with Crippen molar-refractivity contribution < 1.29 is 13.9 Å². The smallest absolute Gasteiger partial charge is 0.250 e. The Morgan fingerprint density at radius 2 is 2.03 bits per heavy atom. The summed E-state index contributed by atoms with van der Waals surface area (Å²) in [6.45, 7) is 0.00184. The van der Waals surface area contributed by atoms with E-state index in [4.69, 9.17) is 16.3 Å². The molecule has 162 valence electrons. The fraction of sp³-hybridized carbons (Fsp3) is 0.0870. The third-order valence-corrected chi connectivity index (χ3v) is 5.64. The van der Waals surface area contributed by atoms with Gasteiger partial charge in [-0.1, -0.05) is 53.7 Å². The number of hydrogen-bond donors (Lipinski definition) is 2. The molecule has 4 rings (SSSR count). The summed E-state index contributed by atoms with van der Waals surface area (Å²) in [4.78, 5) is 19.6. The van der Waals surface area contributed by atoms with Crippen LogP contribution in [-0.4, -0.2) is 27.8 Å². The molecule has 3 aromatic carbocycles. The van der Waals surface area contributed by atoms with E-state index in [1.54, 1.807) is 30.3 Å². The van der Waals surface area contributed by atoms with E-state index < -0.39 is 5.82 Å². The van der Waals surface area contributed by atoms with Gasteiger partial charge in [0.25, 0.3) is 5.91 Å². The van der Waals surface area contributed by atoms with Crippen molar-refractivity contribution in [2.24, 2.45) is 5.10 Å². The second kappa shape index (κ2) is 10.3. The first kappa shape index (κ1) is 21.9. The van der Waals surface area contributed by atoms with Crippen molar-refractivity contribution in [3.8, 4) is 5.75 Å². The number of ether oxygens (including phenoxy) is 1. The highest BCUT2D eigenvalue weighted by molar-refractivity contribution is 7.99. The topological polar surface area (TPSA) is 79.4 Å². The van der Waals surface area contributed by atoms with E-state index in [2.05, 4.69) is 20.5 Å². The standard InChI is InChI=1S/C23H18ClFN4O2S/c24-18-7-4-8-19(25)17(18)13-31-16-6-3-5-15(11-16)12-26-29-22(30)14-32-23-27-20-9-1-2-10-21(20)28-23/h1-12H,13-14H2,(H,27,28)(H,29,30)/b26-12+. The Balaban J connectivity index is 1.28. The molecule has 2 N–H and O–H groups in total. The number of carbonyl (C=O) groups excluding carboxylic acids is 1. The Kier molecular flexibility index (Phi) is 7.03. The van der Waals surface area contributed by atoms with Crippen molar-refractivity contribution in [2.45, 2.75) is 11.8 Å². The van der Waals surface area contributed by atoms with Crippen LogP contribution in [0.2, 0.25) is 5.02 Å². The molecule has 0 saturated heterocycles. The number of para-hydroxylation sites is 2. The number of imidazole rings is 1. The zero-order chi connectivity index (χ0) is 22.3. The number of thioether (sulfide) groups is 1. The summed E-state index contributed by atoms with van der Waals surface area (Å²) in [5, 5.41) is 4.96. The highest BCUT2D eigenvalue weighted by Crippen LogP contribution is 2.22. The molecular formula is C23H18ClFN4O2S. The third kappa shape index (κ3) is 5.66. The number of aromatic nitrogens is 2. The van der Waals surface area contributed by atoms with E-state index in [9.17, 15) is 9.18 Å². The van der Waals surface area contributed by atoms with E-state index >= 15 is 0 Å². The molecule has 0 aliphatic heterocycles. The van der Waals surface area contributed by atoms with Crippen molar-refractivity contribution in [1.29, 1.82) is 0 Å². The molecule has 0 spiro atoms. The molecule has 0 aliphatic rings. The van der Waals surface area contributed by atoms with Crippen LogP contribution in [0.15, 0.2) is 77.0 Å². The molecule has 9 heteroatoms. The van der Waals surface area contributed by atoms with Gasteiger partial charge in [0.15, 0.2) is 5.16 Å². The largest absolute Gasteiger partial charge is 0.489 e. The summed E-state index contributed by atoms with van der Waals surface area (Å²) in [7, 11) is 0. The molecular weight excluding hydrogens is 451 g/mol. The highest BCUT2D eigenvalue weighted by Gasteiger charge is 2.08. The van der Waals surface area contributed by atoms with Gasteiger partial charge in [0.2, 0.25) is 0 Å². The molecule has 0 aliphatic carbocycles. The quantitative estimate of drug-likeness (QED) is 0.212. The Labute approximate surface area is 192 Å². The first-order chi connectivity index (χ1) is 15.6. The highest BCUT2D eigenvalue weighted by atomic mass is 35.5. The van der Waals surface area contributed by atoms with E-state index in [0.717, 1.165) is 11.0 Å². The number of halogens is 2. The Bertz CT molecular complexity index is 1220. The Morgan fingerprint density at radius 1 is 1.19 bits per heavy atom. The summed E-state index contributed by atoms with van der Waals surface area (Å²) in [6.07, 6.45) is 1.51. The van der Waals surface area contributed by atoms with Crippen molar-refractivity contribution in [3.63, 3.8) is 0 Å². The molecule has 0 bridgehead atoms. The van der Waals surface area contributed by atoms with Gasteiger partial charge in [0.1, 0.15) is 18.2 Å². The van der Waals surface area contributed by atoms with Gasteiger partial charge in [-0.05, 0) is 42.0 Å². The number of hydrazone groups is 1. The molecule has 0 unspecified atom stereocenters. The summed E-state index contributed by atoms with van der Waals surface area (Å²) in [6, 6.07) is 19.2. The minimum absolute atomic E-state index is 0.00184. The number of rotatable bonds is 8. The fourth-order valence-electron chi connectivity index (χ4n) is 2.85. The molecule has 0 radical (unpaired) electrons. The average Bonchev–Trinajstić information content (AvgIpc) is 3.21. The number of nitrogens with one attached hydrogen (secondary N) is 2. The molecule has 32 heavy (non-hydrogen) atoms. The lowest BCUT2D eigenvalue weighted by molar-refractivity contribution is -0.118. The van der Waals surface area contributed by atoms with Crippen molar-refractivity contribution >= 4 is 46.5 Å². The first-order valence-corrected chi connectivity index (χ1v) is 11.0. The molecule has 1 heterocycles. The molecule has 0 saturated carbocycles. The molecule has 0 atom stereocenters. The van der Waals surface area contributed by atoms with Crippen molar-refractivity contribution in [2.75, 3.05) is 5.75 Å². The van der Waals surface area contributed by atoms with Gasteiger partial charge in [0, 0.05) is 5.56 Å². The normalized spacial score (nSPS) is 11.2. The predicted molar refractivity (Wildman–Crippen MR) is 125 cm³/mol. The van der Waals surface area contributed by atoms with Gasteiger partial charge in [-0.15, -0.1) is 0 Å². The Hall–Kier alpha value is -3.36. The predicted octanol–water partition coefficient (Wildman–Crippen LogP) is 5.18. The van der Waals surface area contributed by atoms with Crippen LogP contribution in [-0.2, 0) is 11.4 Å². The monoisotopic (exact) mass is 468 g/mol. The lowest BCUT2D eigenvalue weighted by atomic mass is 10.2. The van der Waals surface area contributed by atoms with Crippen LogP contribution < -0.4 is 10.2 Å². The zero-order valence-corrected chi connectivity index (χ0v) is 18.3. The van der Waals surface area contributed by atoms with Gasteiger partial charge < -0.3 is 9.72 Å². The number of nitrogens with zero attached hydrogens (tertiary/aromatic N) is 2. The molecule has 6 nitrogen and oxygen atoms in total. The maximum absolute atomic E-state index is 13.9. The first-order valence-electron chi connectivity index (χ1n) is 9.64. The van der Waals surface area contributed by atoms with E-state index in [-0.39, 0.29) is 18.3 Å². The van der Waals surface area contributed by atoms with Crippen molar-refractivity contribution in [3.05, 3.63) is 88.7 Å². The van der Waals surface area contributed by atoms with Crippen LogP contribution in [0.5, 0.6) is 5.75 Å². The second-order valence-corrected chi connectivity index (χ2v) is 8.07. The lowest BCUT2D eigenvalue weighted by Crippen LogP contribution is -2.19. The summed E-state index contributed by atoms with van der Waals surface area (Å²) >= 11 is 7.32. The van der Waals surface area contributed by atoms with E-state index in [0.29, 0.717) is 27.1 Å². The third-order valence-electron chi connectivity index (χ3n) is 4.41. The number of H-pyrrole nitrogens is 1. The number of benzene rings is 3. The van der Waals surface area contributed by atoms with Crippen LogP contribution in [0.4, 0.5) is 4.39 Å².